The van der Waals surface area contributed by atoms with Gasteiger partial charge in [0.1, 0.15) is 11.9 Å². The second-order valence-electron chi connectivity index (χ2n) is 6.13. The Hall–Kier alpha value is -2.73. The first-order valence-corrected chi connectivity index (χ1v) is 8.62. The zero-order valence-corrected chi connectivity index (χ0v) is 14.5. The number of amides is 1. The molecule has 1 aliphatic heterocycles. The lowest BCUT2D eigenvalue weighted by Crippen LogP contribution is -2.27. The van der Waals surface area contributed by atoms with Gasteiger partial charge in [0, 0.05) is 23.6 Å². The fourth-order valence-electron chi connectivity index (χ4n) is 3.09. The van der Waals surface area contributed by atoms with Gasteiger partial charge in [-0.25, -0.2) is 4.39 Å². The minimum Gasteiger partial charge on any atom is -0.337 e. The number of likely N-dealkylation sites (tertiary alicyclic amines) is 1. The molecule has 4 rings (SSSR count). The molecule has 26 heavy (non-hydrogen) atoms. The fraction of sp³-hybridized carbons (Fsp3) is 0.211. The van der Waals surface area contributed by atoms with Crippen LogP contribution in [0.2, 0.25) is 5.02 Å². The Balaban J connectivity index is 1.59. The molecule has 0 bridgehead atoms. The van der Waals surface area contributed by atoms with Crippen LogP contribution in [0.4, 0.5) is 4.39 Å². The molecule has 1 aliphatic rings. The third-order valence-corrected chi connectivity index (χ3v) is 4.82. The predicted octanol–water partition coefficient (Wildman–Crippen LogP) is 4.39. The van der Waals surface area contributed by atoms with Gasteiger partial charge in [0.15, 0.2) is 0 Å². The number of halogens is 2. The molecule has 0 N–H and O–H groups in total. The van der Waals surface area contributed by atoms with E-state index in [1.54, 1.807) is 23.1 Å². The molecule has 5 nitrogen and oxygen atoms in total. The van der Waals surface area contributed by atoms with E-state index in [1.807, 2.05) is 18.2 Å². The highest BCUT2D eigenvalue weighted by atomic mass is 35.5. The Morgan fingerprint density at radius 3 is 2.73 bits per heavy atom. The highest BCUT2D eigenvalue weighted by molar-refractivity contribution is 6.31. The quantitative estimate of drug-likeness (QED) is 0.682. The number of hydrogen-bond donors (Lipinski definition) is 0. The lowest BCUT2D eigenvalue weighted by atomic mass is 10.1. The number of carbonyl (C=O) groups is 1. The van der Waals surface area contributed by atoms with Gasteiger partial charge in [0.05, 0.1) is 0 Å². The van der Waals surface area contributed by atoms with Crippen molar-refractivity contribution in [3.8, 4) is 11.4 Å². The minimum absolute atomic E-state index is 0.0245. The van der Waals surface area contributed by atoms with Crippen molar-refractivity contribution in [3.63, 3.8) is 0 Å². The van der Waals surface area contributed by atoms with Crippen LogP contribution in [-0.4, -0.2) is 20.9 Å². The first-order valence-electron chi connectivity index (χ1n) is 8.24. The largest absolute Gasteiger partial charge is 0.337 e. The van der Waals surface area contributed by atoms with Crippen molar-refractivity contribution in [1.82, 2.24) is 15.0 Å². The molecule has 0 aliphatic carbocycles. The van der Waals surface area contributed by atoms with Gasteiger partial charge in [-0.3, -0.25) is 4.79 Å². The van der Waals surface area contributed by atoms with Gasteiger partial charge in [-0.2, -0.15) is 4.98 Å². The predicted molar refractivity (Wildman–Crippen MR) is 93.7 cm³/mol. The average Bonchev–Trinajstić information content (AvgIpc) is 3.25. The summed E-state index contributed by atoms with van der Waals surface area (Å²) < 4.78 is 18.5. The van der Waals surface area contributed by atoms with E-state index in [0.717, 1.165) is 5.56 Å². The second kappa shape index (κ2) is 6.88. The smallest absolute Gasteiger partial charge is 0.249 e. The molecule has 1 aromatic heterocycles. The van der Waals surface area contributed by atoms with Crippen LogP contribution in [0.5, 0.6) is 0 Å². The molecule has 3 aromatic rings. The van der Waals surface area contributed by atoms with Crippen LogP contribution >= 0.6 is 11.6 Å². The summed E-state index contributed by atoms with van der Waals surface area (Å²) in [6.45, 7) is 0.386. The normalized spacial score (nSPS) is 17.1. The van der Waals surface area contributed by atoms with Gasteiger partial charge in [0.2, 0.25) is 17.6 Å². The maximum Gasteiger partial charge on any atom is 0.249 e. The highest BCUT2D eigenvalue weighted by Crippen LogP contribution is 2.35. The number of rotatable bonds is 4. The summed E-state index contributed by atoms with van der Waals surface area (Å²) in [5.41, 5.74) is 1.52. The molecule has 1 amide bonds. The molecule has 1 unspecified atom stereocenters. The number of benzene rings is 2. The summed E-state index contributed by atoms with van der Waals surface area (Å²) in [5, 5.41) is 4.59. The molecule has 1 atom stereocenters. The van der Waals surface area contributed by atoms with E-state index >= 15 is 0 Å². The Bertz CT molecular complexity index is 942. The highest BCUT2D eigenvalue weighted by Gasteiger charge is 2.36. The Labute approximate surface area is 154 Å². The van der Waals surface area contributed by atoms with E-state index in [4.69, 9.17) is 16.1 Å². The van der Waals surface area contributed by atoms with Crippen molar-refractivity contribution in [2.75, 3.05) is 0 Å². The minimum atomic E-state index is -0.329. The first-order chi connectivity index (χ1) is 12.6. The molecule has 1 saturated heterocycles. The van der Waals surface area contributed by atoms with Gasteiger partial charge in [-0.05, 0) is 42.3 Å². The lowest BCUT2D eigenvalue weighted by Gasteiger charge is -2.22. The van der Waals surface area contributed by atoms with Crippen LogP contribution in [0.3, 0.4) is 0 Å². The third kappa shape index (κ3) is 3.20. The van der Waals surface area contributed by atoms with E-state index in [1.165, 1.54) is 12.1 Å². The van der Waals surface area contributed by atoms with Crippen molar-refractivity contribution >= 4 is 17.5 Å². The third-order valence-electron chi connectivity index (χ3n) is 4.46. The average molecular weight is 372 g/mol. The van der Waals surface area contributed by atoms with Crippen LogP contribution in [0, 0.1) is 5.82 Å². The van der Waals surface area contributed by atoms with Gasteiger partial charge in [-0.1, -0.05) is 35.0 Å². The zero-order valence-electron chi connectivity index (χ0n) is 13.7. The van der Waals surface area contributed by atoms with Crippen molar-refractivity contribution < 1.29 is 13.7 Å². The molecular weight excluding hydrogens is 357 g/mol. The summed E-state index contributed by atoms with van der Waals surface area (Å²) in [7, 11) is 0. The molecule has 0 saturated carbocycles. The molecule has 0 radical (unpaired) electrons. The maximum atomic E-state index is 13.1. The van der Waals surface area contributed by atoms with E-state index in [-0.39, 0.29) is 17.8 Å². The molecule has 2 aromatic carbocycles. The Morgan fingerprint density at radius 2 is 1.96 bits per heavy atom. The number of nitrogens with zero attached hydrogens (tertiary/aromatic N) is 3. The van der Waals surface area contributed by atoms with Crippen molar-refractivity contribution in [3.05, 3.63) is 70.8 Å². The van der Waals surface area contributed by atoms with Crippen LogP contribution in [-0.2, 0) is 11.3 Å². The first kappa shape index (κ1) is 16.7. The topological polar surface area (TPSA) is 59.2 Å². The number of hydrogen-bond acceptors (Lipinski definition) is 4. The van der Waals surface area contributed by atoms with E-state index < -0.39 is 0 Å². The van der Waals surface area contributed by atoms with Gasteiger partial charge in [0.25, 0.3) is 0 Å². The van der Waals surface area contributed by atoms with E-state index in [9.17, 15) is 9.18 Å². The summed E-state index contributed by atoms with van der Waals surface area (Å²) in [4.78, 5) is 18.5. The van der Waals surface area contributed by atoms with Gasteiger partial charge in [-0.15, -0.1) is 0 Å². The van der Waals surface area contributed by atoms with Gasteiger partial charge >= 0.3 is 0 Å². The maximum absolute atomic E-state index is 13.1. The summed E-state index contributed by atoms with van der Waals surface area (Å²) in [6.07, 6.45) is 1.03. The molecule has 132 valence electrons. The fourth-order valence-corrected chi connectivity index (χ4v) is 3.28. The zero-order chi connectivity index (χ0) is 18.1. The number of aromatic nitrogens is 2. The molecule has 1 fully saturated rings. The van der Waals surface area contributed by atoms with Crippen LogP contribution in [0.25, 0.3) is 11.4 Å². The van der Waals surface area contributed by atoms with Crippen molar-refractivity contribution in [2.45, 2.75) is 25.4 Å². The van der Waals surface area contributed by atoms with Crippen molar-refractivity contribution in [2.24, 2.45) is 0 Å². The lowest BCUT2D eigenvalue weighted by molar-refractivity contribution is -0.129. The van der Waals surface area contributed by atoms with E-state index in [0.29, 0.717) is 41.7 Å². The van der Waals surface area contributed by atoms with Gasteiger partial charge < -0.3 is 9.42 Å². The Morgan fingerprint density at radius 1 is 1.19 bits per heavy atom. The summed E-state index contributed by atoms with van der Waals surface area (Å²) in [5.74, 6) is 0.445. The second-order valence-corrected chi connectivity index (χ2v) is 6.54. The van der Waals surface area contributed by atoms with Crippen molar-refractivity contribution in [1.29, 1.82) is 0 Å². The Kier molecular flexibility index (Phi) is 4.42. The summed E-state index contributed by atoms with van der Waals surface area (Å²) >= 11 is 6.22. The molecule has 7 heteroatoms. The number of carbonyl (C=O) groups excluding carboxylic acids is 1. The SMILES string of the molecule is O=C1CCC(c2nc(-c3ccc(F)cc3)no2)N1Cc1ccccc1Cl. The van der Waals surface area contributed by atoms with Crippen LogP contribution < -0.4 is 0 Å². The van der Waals surface area contributed by atoms with Crippen LogP contribution in [0.1, 0.15) is 30.3 Å². The standard InChI is InChI=1S/C19H15ClFN3O2/c20-15-4-2-1-3-13(15)11-24-16(9-10-17(24)25)19-22-18(23-26-19)12-5-7-14(21)8-6-12/h1-8,16H,9-11H2. The molecule has 0 spiro atoms. The summed E-state index contributed by atoms with van der Waals surface area (Å²) in [6, 6.07) is 13.0. The molecular formula is C19H15ClFN3O2. The van der Waals surface area contributed by atoms with Crippen LogP contribution in [0.15, 0.2) is 53.1 Å². The molecule has 2 heterocycles. The monoisotopic (exact) mass is 371 g/mol. The van der Waals surface area contributed by atoms with E-state index in [2.05, 4.69) is 10.1 Å².